The van der Waals surface area contributed by atoms with Crippen LogP contribution in [0.3, 0.4) is 0 Å². The lowest BCUT2D eigenvalue weighted by atomic mass is 10.2. The van der Waals surface area contributed by atoms with E-state index in [4.69, 9.17) is 16.6 Å². The van der Waals surface area contributed by atoms with Gasteiger partial charge in [0.1, 0.15) is 6.04 Å². The molecule has 8 heteroatoms. The van der Waals surface area contributed by atoms with Gasteiger partial charge in [-0.1, -0.05) is 33.3 Å². The maximum absolute atomic E-state index is 11.1. The van der Waals surface area contributed by atoms with Crippen LogP contribution in [0.5, 0.6) is 0 Å². The lowest BCUT2D eigenvalue weighted by Gasteiger charge is -2.08. The number of nitrogens with two attached hydrogens (primary N) is 2. The standard InChI is InChI=1S/C8H14N2O3S3/c9-4(7(11)12)1-2-14-16-6-3-5(10)8(13)15-6/h4-6H,1-3,9-10H2,(H,11,12)/t4?,5-,6?/m0/s1. The Morgan fingerprint density at radius 2 is 2.38 bits per heavy atom. The van der Waals surface area contributed by atoms with E-state index >= 15 is 0 Å². The smallest absolute Gasteiger partial charge is 0.320 e. The molecule has 0 amide bonds. The highest BCUT2D eigenvalue weighted by Gasteiger charge is 2.31. The third-order valence-corrected chi connectivity index (χ3v) is 6.49. The molecule has 1 fully saturated rings. The Balaban J connectivity index is 2.08. The average molecular weight is 282 g/mol. The highest BCUT2D eigenvalue weighted by atomic mass is 33.1. The average Bonchev–Trinajstić information content (AvgIpc) is 2.53. The second kappa shape index (κ2) is 6.75. The van der Waals surface area contributed by atoms with Crippen LogP contribution in [0.4, 0.5) is 0 Å². The topological polar surface area (TPSA) is 106 Å². The zero-order chi connectivity index (χ0) is 12.1. The number of rotatable bonds is 6. The molecule has 0 radical (unpaired) electrons. The molecule has 0 spiro atoms. The van der Waals surface area contributed by atoms with Crippen LogP contribution in [0.1, 0.15) is 12.8 Å². The van der Waals surface area contributed by atoms with Crippen molar-refractivity contribution in [3.8, 4) is 0 Å². The van der Waals surface area contributed by atoms with Gasteiger partial charge in [0, 0.05) is 5.75 Å². The SMILES string of the molecule is NC(CCSSC1C[C@H](N)C(=O)S1)C(=O)O. The first-order valence-corrected chi connectivity index (χ1v) is 7.99. The molecule has 5 nitrogen and oxygen atoms in total. The van der Waals surface area contributed by atoms with E-state index in [0.29, 0.717) is 18.6 Å². The van der Waals surface area contributed by atoms with Gasteiger partial charge in [-0.15, -0.1) is 0 Å². The van der Waals surface area contributed by atoms with Crippen molar-refractivity contribution >= 4 is 44.4 Å². The normalized spacial score (nSPS) is 27.0. The summed E-state index contributed by atoms with van der Waals surface area (Å²) in [5.41, 5.74) is 10.9. The second-order valence-electron chi connectivity index (χ2n) is 3.36. The van der Waals surface area contributed by atoms with Crippen LogP contribution in [0, 0.1) is 0 Å². The zero-order valence-corrected chi connectivity index (χ0v) is 10.9. The maximum atomic E-state index is 11.1. The summed E-state index contributed by atoms with van der Waals surface area (Å²) in [6, 6.07) is -1.14. The molecule has 0 bridgehead atoms. The number of aliphatic carboxylic acids is 1. The number of hydrogen-bond acceptors (Lipinski definition) is 7. The number of carboxylic acid groups (broad SMARTS) is 1. The van der Waals surface area contributed by atoms with Crippen molar-refractivity contribution in [3.05, 3.63) is 0 Å². The van der Waals surface area contributed by atoms with E-state index in [9.17, 15) is 9.59 Å². The minimum absolute atomic E-state index is 0.0420. The summed E-state index contributed by atoms with van der Waals surface area (Å²) < 4.78 is 0.188. The minimum atomic E-state index is -0.974. The molecule has 2 unspecified atom stereocenters. The molecule has 1 aliphatic heterocycles. The van der Waals surface area contributed by atoms with Crippen molar-refractivity contribution in [1.82, 2.24) is 0 Å². The van der Waals surface area contributed by atoms with E-state index in [0.717, 1.165) is 0 Å². The maximum Gasteiger partial charge on any atom is 0.320 e. The molecule has 1 rings (SSSR count). The molecule has 16 heavy (non-hydrogen) atoms. The largest absolute Gasteiger partial charge is 0.480 e. The summed E-state index contributed by atoms with van der Waals surface area (Å²) in [6.07, 6.45) is 1.12. The monoisotopic (exact) mass is 282 g/mol. The molecule has 0 aromatic heterocycles. The number of carbonyl (C=O) groups is 2. The van der Waals surface area contributed by atoms with Gasteiger partial charge in [-0.25, -0.2) is 0 Å². The Bertz CT molecular complexity index is 277. The van der Waals surface area contributed by atoms with Gasteiger partial charge >= 0.3 is 5.97 Å². The zero-order valence-electron chi connectivity index (χ0n) is 8.50. The van der Waals surface area contributed by atoms with Crippen molar-refractivity contribution < 1.29 is 14.7 Å². The summed E-state index contributed by atoms with van der Waals surface area (Å²) in [5.74, 6) is -0.309. The lowest BCUT2D eigenvalue weighted by molar-refractivity contribution is -0.138. The molecule has 0 saturated carbocycles. The van der Waals surface area contributed by atoms with E-state index < -0.39 is 12.0 Å². The first kappa shape index (κ1) is 14.2. The molecule has 0 aliphatic carbocycles. The summed E-state index contributed by atoms with van der Waals surface area (Å²) in [5, 5.41) is 8.60. The van der Waals surface area contributed by atoms with Gasteiger partial charge in [-0.2, -0.15) is 0 Å². The van der Waals surface area contributed by atoms with Crippen molar-refractivity contribution in [2.75, 3.05) is 5.75 Å². The molecular formula is C8H14N2O3S3. The van der Waals surface area contributed by atoms with Gasteiger partial charge < -0.3 is 16.6 Å². The quantitative estimate of drug-likeness (QED) is 0.477. The molecular weight excluding hydrogens is 268 g/mol. The molecule has 0 aromatic rings. The summed E-state index contributed by atoms with van der Waals surface area (Å²) >= 11 is 1.27. The number of hydrogen-bond donors (Lipinski definition) is 3. The van der Waals surface area contributed by atoms with E-state index in [-0.39, 0.29) is 15.7 Å². The molecule has 5 N–H and O–H groups in total. The van der Waals surface area contributed by atoms with E-state index in [1.807, 2.05) is 0 Å². The summed E-state index contributed by atoms with van der Waals surface area (Å²) in [4.78, 5) is 21.6. The molecule has 92 valence electrons. The van der Waals surface area contributed by atoms with Crippen molar-refractivity contribution in [3.63, 3.8) is 0 Å². The van der Waals surface area contributed by atoms with Crippen LogP contribution >= 0.6 is 33.3 Å². The highest BCUT2D eigenvalue weighted by Crippen LogP contribution is 2.41. The first-order valence-electron chi connectivity index (χ1n) is 4.73. The minimum Gasteiger partial charge on any atom is -0.480 e. The Morgan fingerprint density at radius 3 is 2.88 bits per heavy atom. The van der Waals surface area contributed by atoms with Crippen LogP contribution in [-0.4, -0.2) is 38.6 Å². The fourth-order valence-electron chi connectivity index (χ4n) is 1.05. The molecule has 1 aliphatic rings. The van der Waals surface area contributed by atoms with Gasteiger partial charge in [0.2, 0.25) is 5.12 Å². The Hall–Kier alpha value is 0.110. The molecule has 3 atom stereocenters. The van der Waals surface area contributed by atoms with Gasteiger partial charge in [0.15, 0.2) is 0 Å². The van der Waals surface area contributed by atoms with E-state index in [1.165, 1.54) is 11.8 Å². The fourth-order valence-corrected chi connectivity index (χ4v) is 5.33. The van der Waals surface area contributed by atoms with Gasteiger partial charge in [-0.3, -0.25) is 9.59 Å². The summed E-state index contributed by atoms with van der Waals surface area (Å²) in [7, 11) is 3.12. The Kier molecular flexibility index (Phi) is 5.98. The van der Waals surface area contributed by atoms with E-state index in [1.54, 1.807) is 21.6 Å². The molecule has 1 heterocycles. The van der Waals surface area contributed by atoms with Crippen LogP contribution < -0.4 is 11.5 Å². The second-order valence-corrected chi connectivity index (χ2v) is 7.56. The fraction of sp³-hybridized carbons (Fsp3) is 0.750. The molecule has 0 aromatic carbocycles. The van der Waals surface area contributed by atoms with Crippen LogP contribution in [0.15, 0.2) is 0 Å². The van der Waals surface area contributed by atoms with Crippen molar-refractivity contribution in [2.45, 2.75) is 29.5 Å². The highest BCUT2D eigenvalue weighted by molar-refractivity contribution is 8.78. The third kappa shape index (κ3) is 4.54. The van der Waals surface area contributed by atoms with Crippen molar-refractivity contribution in [2.24, 2.45) is 11.5 Å². The first-order chi connectivity index (χ1) is 7.50. The number of carboxylic acids is 1. The Labute approximate surface area is 106 Å². The van der Waals surface area contributed by atoms with Crippen LogP contribution in [-0.2, 0) is 9.59 Å². The van der Waals surface area contributed by atoms with Crippen LogP contribution in [0.25, 0.3) is 0 Å². The van der Waals surface area contributed by atoms with Crippen LogP contribution in [0.2, 0.25) is 0 Å². The van der Waals surface area contributed by atoms with Crippen molar-refractivity contribution in [1.29, 1.82) is 0 Å². The van der Waals surface area contributed by atoms with E-state index in [2.05, 4.69) is 0 Å². The predicted molar refractivity (Wildman–Crippen MR) is 69.3 cm³/mol. The number of thioether (sulfide) groups is 1. The lowest BCUT2D eigenvalue weighted by Crippen LogP contribution is -2.30. The number of carbonyl (C=O) groups excluding carboxylic acids is 1. The predicted octanol–water partition coefficient (Wildman–Crippen LogP) is 0.487. The van der Waals surface area contributed by atoms with Gasteiger partial charge in [0.25, 0.3) is 0 Å². The Morgan fingerprint density at radius 1 is 1.69 bits per heavy atom. The van der Waals surface area contributed by atoms with Gasteiger partial charge in [-0.05, 0) is 12.8 Å². The molecule has 1 saturated heterocycles. The third-order valence-electron chi connectivity index (χ3n) is 2.00. The summed E-state index contributed by atoms with van der Waals surface area (Å²) in [6.45, 7) is 0. The van der Waals surface area contributed by atoms with Gasteiger partial charge in [0.05, 0.1) is 10.6 Å².